The van der Waals surface area contributed by atoms with Gasteiger partial charge in [0.1, 0.15) is 0 Å². The van der Waals surface area contributed by atoms with Crippen molar-refractivity contribution in [1.29, 1.82) is 0 Å². The van der Waals surface area contributed by atoms with Gasteiger partial charge in [-0.25, -0.2) is 4.68 Å². The van der Waals surface area contributed by atoms with E-state index in [1.54, 1.807) is 22.7 Å². The molecule has 5 atom stereocenters. The first-order valence-electron chi connectivity index (χ1n) is 12.5. The Kier molecular flexibility index (Phi) is 7.65. The van der Waals surface area contributed by atoms with Crippen LogP contribution in [0.2, 0.25) is 0 Å². The molecule has 1 saturated heterocycles. The molecule has 2 amide bonds. The number of hydrogen-bond donors (Lipinski definition) is 3. The van der Waals surface area contributed by atoms with Crippen LogP contribution in [0.15, 0.2) is 66.0 Å². The summed E-state index contributed by atoms with van der Waals surface area (Å²) in [4.78, 5) is 27.9. The Morgan fingerprint density at radius 3 is 2.49 bits per heavy atom. The first-order chi connectivity index (χ1) is 17.4. The Morgan fingerprint density at radius 2 is 1.86 bits per heavy atom. The van der Waals surface area contributed by atoms with Gasteiger partial charge in [0.25, 0.3) is 11.8 Å². The van der Waals surface area contributed by atoms with Crippen molar-refractivity contribution in [2.75, 3.05) is 6.54 Å². The molecule has 3 N–H and O–H groups in total. The number of nitrogens with one attached hydrogen (secondary N) is 1. The molecule has 37 heavy (non-hydrogen) atoms. The van der Waals surface area contributed by atoms with E-state index in [0.29, 0.717) is 24.4 Å². The molecule has 9 heteroatoms. The van der Waals surface area contributed by atoms with E-state index in [-0.39, 0.29) is 11.3 Å². The van der Waals surface area contributed by atoms with Crippen molar-refractivity contribution < 1.29 is 19.8 Å². The van der Waals surface area contributed by atoms with Crippen molar-refractivity contribution in [3.05, 3.63) is 71.5 Å². The summed E-state index contributed by atoms with van der Waals surface area (Å²) in [6.07, 6.45) is 6.77. The highest BCUT2D eigenvalue weighted by atomic mass is 35.5. The van der Waals surface area contributed by atoms with Gasteiger partial charge in [0, 0.05) is 35.4 Å². The number of rotatable bonds is 7. The number of nitrogens with zero attached hydrogens (tertiary/aromatic N) is 3. The maximum absolute atomic E-state index is 13.5. The van der Waals surface area contributed by atoms with Crippen molar-refractivity contribution in [2.45, 2.75) is 64.3 Å². The maximum atomic E-state index is 13.5. The van der Waals surface area contributed by atoms with Crippen molar-refractivity contribution in [3.8, 4) is 5.69 Å². The third-order valence-corrected chi connectivity index (χ3v) is 7.76. The van der Waals surface area contributed by atoms with Gasteiger partial charge < -0.3 is 20.4 Å². The first-order valence-corrected chi connectivity index (χ1v) is 12.9. The highest BCUT2D eigenvalue weighted by Crippen LogP contribution is 2.48. The van der Waals surface area contributed by atoms with E-state index >= 15 is 0 Å². The summed E-state index contributed by atoms with van der Waals surface area (Å²) < 4.78 is 1.72. The van der Waals surface area contributed by atoms with E-state index in [9.17, 15) is 19.8 Å². The SMILES string of the molecule is C[C@@H](NC(=O)[C@H](O)[C@@H](O)C(=O)N1CC(C)(C)CC1(C)C1C=CC=C(Cl)C1)c1ccc(-n2cccn2)cc1. The number of amides is 2. The molecule has 2 aliphatic rings. The van der Waals surface area contributed by atoms with Crippen LogP contribution in [0.3, 0.4) is 0 Å². The molecule has 1 aromatic heterocycles. The minimum Gasteiger partial charge on any atom is -0.380 e. The van der Waals surface area contributed by atoms with Crippen molar-refractivity contribution >= 4 is 23.4 Å². The van der Waals surface area contributed by atoms with Crippen LogP contribution in [0.25, 0.3) is 5.69 Å². The summed E-state index contributed by atoms with van der Waals surface area (Å²) in [6.45, 7) is 8.29. The monoisotopic (exact) mass is 526 g/mol. The summed E-state index contributed by atoms with van der Waals surface area (Å²) in [7, 11) is 0. The second-order valence-corrected chi connectivity index (χ2v) is 11.6. The largest absolute Gasteiger partial charge is 0.380 e. The lowest BCUT2D eigenvalue weighted by Crippen LogP contribution is -2.57. The second kappa shape index (κ2) is 10.4. The molecule has 4 rings (SSSR count). The van der Waals surface area contributed by atoms with Gasteiger partial charge in [0.15, 0.2) is 12.2 Å². The van der Waals surface area contributed by atoms with Crippen LogP contribution in [0, 0.1) is 11.3 Å². The number of aliphatic hydroxyl groups excluding tert-OH is 2. The van der Waals surface area contributed by atoms with Crippen LogP contribution < -0.4 is 5.32 Å². The van der Waals surface area contributed by atoms with Crippen LogP contribution in [0.4, 0.5) is 0 Å². The summed E-state index contributed by atoms with van der Waals surface area (Å²) in [5.74, 6) is -1.52. The van der Waals surface area contributed by atoms with Crippen LogP contribution in [0.5, 0.6) is 0 Å². The fourth-order valence-corrected chi connectivity index (χ4v) is 5.85. The van der Waals surface area contributed by atoms with Crippen molar-refractivity contribution in [2.24, 2.45) is 11.3 Å². The zero-order valence-electron chi connectivity index (χ0n) is 21.6. The summed E-state index contributed by atoms with van der Waals surface area (Å²) in [5.41, 5.74) is 0.858. The smallest absolute Gasteiger partial charge is 0.255 e. The van der Waals surface area contributed by atoms with Crippen molar-refractivity contribution in [3.63, 3.8) is 0 Å². The predicted octanol–water partition coefficient (Wildman–Crippen LogP) is 3.49. The van der Waals surface area contributed by atoms with Gasteiger partial charge in [0.2, 0.25) is 0 Å². The molecule has 1 aromatic carbocycles. The molecule has 0 spiro atoms. The molecule has 0 radical (unpaired) electrons. The van der Waals surface area contributed by atoms with Gasteiger partial charge in [-0.1, -0.05) is 49.7 Å². The average Bonchev–Trinajstić information content (AvgIpc) is 3.49. The number of carbonyl (C=O) groups is 2. The van der Waals surface area contributed by atoms with Crippen LogP contribution >= 0.6 is 11.6 Å². The summed E-state index contributed by atoms with van der Waals surface area (Å²) in [5, 5.41) is 29.1. The fourth-order valence-electron chi connectivity index (χ4n) is 5.61. The van der Waals surface area contributed by atoms with E-state index < -0.39 is 35.6 Å². The highest BCUT2D eigenvalue weighted by molar-refractivity contribution is 6.29. The van der Waals surface area contributed by atoms with E-state index in [2.05, 4.69) is 24.3 Å². The third-order valence-electron chi connectivity index (χ3n) is 7.48. The summed E-state index contributed by atoms with van der Waals surface area (Å²) in [6, 6.07) is 8.83. The first kappa shape index (κ1) is 27.1. The number of hydrogen-bond acceptors (Lipinski definition) is 5. The molecule has 1 fully saturated rings. The Labute approximate surface area is 222 Å². The van der Waals surface area contributed by atoms with Gasteiger partial charge in [-0.2, -0.15) is 5.10 Å². The Balaban J connectivity index is 1.43. The lowest BCUT2D eigenvalue weighted by molar-refractivity contribution is -0.157. The molecule has 1 aliphatic carbocycles. The molecular weight excluding hydrogens is 492 g/mol. The second-order valence-electron chi connectivity index (χ2n) is 11.1. The normalized spacial score (nSPS) is 25.3. The molecule has 0 bridgehead atoms. The maximum Gasteiger partial charge on any atom is 0.255 e. The Morgan fingerprint density at radius 1 is 1.16 bits per heavy atom. The molecular formula is C28H35ClN4O4. The molecule has 0 saturated carbocycles. The highest BCUT2D eigenvalue weighted by Gasteiger charge is 2.53. The number of aliphatic hydroxyl groups is 2. The topological polar surface area (TPSA) is 108 Å². The lowest BCUT2D eigenvalue weighted by Gasteiger charge is -2.42. The number of benzene rings is 1. The zero-order valence-corrected chi connectivity index (χ0v) is 22.4. The summed E-state index contributed by atoms with van der Waals surface area (Å²) >= 11 is 6.30. The van der Waals surface area contributed by atoms with Gasteiger partial charge in [0.05, 0.1) is 11.7 Å². The molecule has 1 aliphatic heterocycles. The minimum atomic E-state index is -1.91. The van der Waals surface area contributed by atoms with Crippen LogP contribution in [-0.4, -0.2) is 61.0 Å². The number of aromatic nitrogens is 2. The van der Waals surface area contributed by atoms with Gasteiger partial charge >= 0.3 is 0 Å². The molecule has 2 aromatic rings. The quantitative estimate of drug-likeness (QED) is 0.512. The van der Waals surface area contributed by atoms with E-state index in [4.69, 9.17) is 11.6 Å². The zero-order chi connectivity index (χ0) is 27.0. The van der Waals surface area contributed by atoms with Crippen LogP contribution in [0.1, 0.15) is 52.1 Å². The standard InChI is InChI=1S/C28H35ClN4O4/c1-18(19-9-11-22(12-10-19)33-14-6-13-30-33)31-25(36)23(34)24(35)26(37)32-17-27(2,3)16-28(32,4)20-7-5-8-21(29)15-20/h5-14,18,20,23-24,34-35H,15-17H2,1-4H3,(H,31,36)/t18-,20?,23-,24-,28?/m1/s1. The third kappa shape index (κ3) is 5.66. The Hall–Kier alpha value is -2.94. The number of carbonyl (C=O) groups excluding carboxylic acids is 2. The van der Waals surface area contributed by atoms with E-state index in [1.807, 2.05) is 61.7 Å². The fraction of sp³-hybridized carbons (Fsp3) is 0.464. The molecule has 8 nitrogen and oxygen atoms in total. The average molecular weight is 527 g/mol. The van der Waals surface area contributed by atoms with E-state index in [1.165, 1.54) is 0 Å². The van der Waals surface area contributed by atoms with Gasteiger partial charge in [-0.05, 0) is 61.9 Å². The van der Waals surface area contributed by atoms with Crippen LogP contribution in [-0.2, 0) is 9.59 Å². The Bertz CT molecular complexity index is 1190. The number of likely N-dealkylation sites (tertiary alicyclic amines) is 1. The number of halogens is 1. The molecule has 2 heterocycles. The minimum absolute atomic E-state index is 0.0429. The van der Waals surface area contributed by atoms with Crippen molar-refractivity contribution in [1.82, 2.24) is 20.0 Å². The lowest BCUT2D eigenvalue weighted by atomic mass is 9.74. The predicted molar refractivity (Wildman–Crippen MR) is 142 cm³/mol. The van der Waals surface area contributed by atoms with Gasteiger partial charge in [-0.15, -0.1) is 0 Å². The van der Waals surface area contributed by atoms with E-state index in [0.717, 1.165) is 11.3 Å². The molecule has 198 valence electrons. The van der Waals surface area contributed by atoms with Gasteiger partial charge in [-0.3, -0.25) is 9.59 Å². The molecule has 2 unspecified atom stereocenters. The number of allylic oxidation sites excluding steroid dienone is 3.